The molecule has 1 heterocycles. The van der Waals surface area contributed by atoms with Crippen molar-refractivity contribution < 1.29 is 19.4 Å². The predicted molar refractivity (Wildman–Crippen MR) is 129 cm³/mol. The number of rotatable bonds is 6. The fraction of sp³-hybridized carbons (Fsp3) is 0.214. The van der Waals surface area contributed by atoms with Crippen molar-refractivity contribution in [2.45, 2.75) is 33.2 Å². The van der Waals surface area contributed by atoms with E-state index in [-0.39, 0.29) is 11.3 Å². The normalized spacial score (nSPS) is 17.4. The largest absolute Gasteiger partial charge is 0.507 e. The zero-order valence-electron chi connectivity index (χ0n) is 19.0. The first-order chi connectivity index (χ1) is 15.9. The van der Waals surface area contributed by atoms with Gasteiger partial charge in [-0.25, -0.2) is 0 Å². The smallest absolute Gasteiger partial charge is 0.300 e. The van der Waals surface area contributed by atoms with Crippen molar-refractivity contribution in [3.8, 4) is 5.75 Å². The van der Waals surface area contributed by atoms with Gasteiger partial charge in [-0.3, -0.25) is 14.5 Å². The second-order valence-electron chi connectivity index (χ2n) is 8.23. The molecule has 1 saturated heterocycles. The summed E-state index contributed by atoms with van der Waals surface area (Å²) in [6.45, 7) is 6.52. The van der Waals surface area contributed by atoms with E-state index in [1.807, 2.05) is 69.3 Å². The number of ether oxygens (including phenoxy) is 1. The summed E-state index contributed by atoms with van der Waals surface area (Å²) in [6, 6.07) is 21.2. The molecule has 4 rings (SSSR count). The number of Topliss-reactive ketones (excluding diaryl/α,β-unsaturated/α-hetero) is 1. The average molecular weight is 442 g/mol. The molecule has 1 unspecified atom stereocenters. The number of nitrogens with zero attached hydrogens (tertiary/aromatic N) is 1. The topological polar surface area (TPSA) is 66.8 Å². The summed E-state index contributed by atoms with van der Waals surface area (Å²) in [4.78, 5) is 27.9. The van der Waals surface area contributed by atoms with E-state index >= 15 is 0 Å². The summed E-state index contributed by atoms with van der Waals surface area (Å²) < 4.78 is 5.62. The minimum atomic E-state index is -0.732. The van der Waals surface area contributed by atoms with Crippen LogP contribution in [0.1, 0.15) is 41.6 Å². The summed E-state index contributed by atoms with van der Waals surface area (Å²) in [5.74, 6) is -0.869. The van der Waals surface area contributed by atoms with E-state index in [0.29, 0.717) is 23.6 Å². The molecule has 0 aromatic heterocycles. The van der Waals surface area contributed by atoms with Crippen molar-refractivity contribution in [1.82, 2.24) is 0 Å². The van der Waals surface area contributed by atoms with Crippen LogP contribution in [0.25, 0.3) is 5.76 Å². The predicted octanol–water partition coefficient (Wildman–Crippen LogP) is 5.72. The van der Waals surface area contributed by atoms with E-state index in [2.05, 4.69) is 0 Å². The molecule has 5 nitrogen and oxygen atoms in total. The molecule has 33 heavy (non-hydrogen) atoms. The monoisotopic (exact) mass is 441 g/mol. The van der Waals surface area contributed by atoms with Gasteiger partial charge in [0.05, 0.1) is 18.2 Å². The maximum Gasteiger partial charge on any atom is 0.300 e. The lowest BCUT2D eigenvalue weighted by molar-refractivity contribution is -0.132. The SMILES string of the molecule is CCCOc1ccc(/C(O)=C2/C(=O)C(=O)N(c3ccc(C)cc3)C2c2ccccc2C)cc1. The number of benzene rings is 3. The Morgan fingerprint density at radius 3 is 2.24 bits per heavy atom. The first kappa shape index (κ1) is 22.3. The minimum absolute atomic E-state index is 0.0806. The van der Waals surface area contributed by atoms with Crippen LogP contribution in [0.4, 0.5) is 5.69 Å². The van der Waals surface area contributed by atoms with Gasteiger partial charge in [0.1, 0.15) is 11.5 Å². The molecule has 1 aliphatic rings. The van der Waals surface area contributed by atoms with Crippen LogP contribution in [0.2, 0.25) is 0 Å². The quantitative estimate of drug-likeness (QED) is 0.302. The molecule has 1 amide bonds. The van der Waals surface area contributed by atoms with Crippen LogP contribution in [0, 0.1) is 13.8 Å². The Labute approximate surface area is 193 Å². The number of carbonyl (C=O) groups is 2. The average Bonchev–Trinajstić information content (AvgIpc) is 3.09. The number of aliphatic hydroxyl groups excluding tert-OH is 1. The van der Waals surface area contributed by atoms with E-state index in [9.17, 15) is 14.7 Å². The summed E-state index contributed by atoms with van der Waals surface area (Å²) in [6.07, 6.45) is 0.890. The Balaban J connectivity index is 1.86. The summed E-state index contributed by atoms with van der Waals surface area (Å²) in [5.41, 5.74) is 3.92. The van der Waals surface area contributed by atoms with Gasteiger partial charge in [-0.2, -0.15) is 0 Å². The van der Waals surface area contributed by atoms with Gasteiger partial charge in [0, 0.05) is 11.3 Å². The van der Waals surface area contributed by atoms with Crippen molar-refractivity contribution in [3.63, 3.8) is 0 Å². The number of ketones is 1. The third-order valence-corrected chi connectivity index (χ3v) is 5.84. The number of carbonyl (C=O) groups excluding carboxylic acids is 2. The lowest BCUT2D eigenvalue weighted by Crippen LogP contribution is -2.29. The molecule has 0 saturated carbocycles. The second kappa shape index (κ2) is 9.33. The molecule has 3 aromatic carbocycles. The summed E-state index contributed by atoms with van der Waals surface area (Å²) in [7, 11) is 0. The van der Waals surface area contributed by atoms with E-state index < -0.39 is 17.7 Å². The summed E-state index contributed by atoms with van der Waals surface area (Å²) in [5, 5.41) is 11.2. The van der Waals surface area contributed by atoms with Crippen molar-refractivity contribution in [2.24, 2.45) is 0 Å². The maximum absolute atomic E-state index is 13.2. The molecular weight excluding hydrogens is 414 g/mol. The number of hydrogen-bond acceptors (Lipinski definition) is 4. The van der Waals surface area contributed by atoms with E-state index in [1.54, 1.807) is 24.3 Å². The van der Waals surface area contributed by atoms with E-state index in [0.717, 1.165) is 23.1 Å². The van der Waals surface area contributed by atoms with Crippen LogP contribution in [-0.2, 0) is 9.59 Å². The number of aryl methyl sites for hydroxylation is 2. The standard InChI is InChI=1S/C28H27NO4/c1-4-17-33-22-15-11-20(12-16-22)26(30)24-25(23-8-6-5-7-19(23)3)29(28(32)27(24)31)21-13-9-18(2)10-14-21/h5-16,25,30H,4,17H2,1-3H3/b26-24-. The van der Waals surface area contributed by atoms with E-state index in [1.165, 1.54) is 4.90 Å². The minimum Gasteiger partial charge on any atom is -0.507 e. The number of aliphatic hydroxyl groups is 1. The molecule has 0 aliphatic carbocycles. The van der Waals surface area contributed by atoms with Gasteiger partial charge in [-0.15, -0.1) is 0 Å². The van der Waals surface area contributed by atoms with Crippen LogP contribution >= 0.6 is 0 Å². The fourth-order valence-corrected chi connectivity index (χ4v) is 4.08. The van der Waals surface area contributed by atoms with Gasteiger partial charge in [0.2, 0.25) is 0 Å². The Morgan fingerprint density at radius 2 is 1.61 bits per heavy atom. The van der Waals surface area contributed by atoms with E-state index in [4.69, 9.17) is 4.74 Å². The van der Waals surface area contributed by atoms with Crippen LogP contribution in [0.5, 0.6) is 5.75 Å². The Bertz CT molecular complexity index is 1210. The highest BCUT2D eigenvalue weighted by molar-refractivity contribution is 6.51. The number of hydrogen-bond donors (Lipinski definition) is 1. The zero-order valence-corrected chi connectivity index (χ0v) is 19.0. The first-order valence-corrected chi connectivity index (χ1v) is 11.1. The number of anilines is 1. The fourth-order valence-electron chi connectivity index (χ4n) is 4.08. The molecule has 168 valence electrons. The molecule has 0 spiro atoms. The highest BCUT2D eigenvalue weighted by Gasteiger charge is 2.47. The Hall–Kier alpha value is -3.86. The van der Waals surface area contributed by atoms with Crippen molar-refractivity contribution in [3.05, 3.63) is 101 Å². The van der Waals surface area contributed by atoms with Crippen molar-refractivity contribution >= 4 is 23.1 Å². The van der Waals surface area contributed by atoms with Gasteiger partial charge in [0.15, 0.2) is 0 Å². The number of amides is 1. The highest BCUT2D eigenvalue weighted by Crippen LogP contribution is 2.43. The van der Waals surface area contributed by atoms with Gasteiger partial charge >= 0.3 is 0 Å². The molecule has 1 N–H and O–H groups in total. The molecule has 1 aliphatic heterocycles. The highest BCUT2D eigenvalue weighted by atomic mass is 16.5. The molecule has 0 radical (unpaired) electrons. The van der Waals surface area contributed by atoms with Crippen LogP contribution in [0.15, 0.2) is 78.4 Å². The van der Waals surface area contributed by atoms with Gasteiger partial charge in [-0.1, -0.05) is 48.9 Å². The third kappa shape index (κ3) is 4.27. The molecule has 3 aromatic rings. The van der Waals surface area contributed by atoms with Crippen molar-refractivity contribution in [2.75, 3.05) is 11.5 Å². The molecule has 1 fully saturated rings. The zero-order chi connectivity index (χ0) is 23.5. The van der Waals surface area contributed by atoms with Crippen LogP contribution < -0.4 is 9.64 Å². The van der Waals surface area contributed by atoms with Crippen LogP contribution in [0.3, 0.4) is 0 Å². The molecular formula is C28H27NO4. The second-order valence-corrected chi connectivity index (χ2v) is 8.23. The summed E-state index contributed by atoms with van der Waals surface area (Å²) >= 11 is 0. The lowest BCUT2D eigenvalue weighted by Gasteiger charge is -2.26. The Morgan fingerprint density at radius 1 is 0.939 bits per heavy atom. The van der Waals surface area contributed by atoms with Crippen LogP contribution in [-0.4, -0.2) is 23.4 Å². The van der Waals surface area contributed by atoms with Gasteiger partial charge in [-0.05, 0) is 67.8 Å². The van der Waals surface area contributed by atoms with Crippen molar-refractivity contribution in [1.29, 1.82) is 0 Å². The third-order valence-electron chi connectivity index (χ3n) is 5.84. The lowest BCUT2D eigenvalue weighted by atomic mass is 9.92. The molecule has 1 atom stereocenters. The molecule has 5 heteroatoms. The maximum atomic E-state index is 13.2. The Kier molecular flexibility index (Phi) is 6.31. The van der Waals surface area contributed by atoms with Gasteiger partial charge < -0.3 is 9.84 Å². The molecule has 0 bridgehead atoms. The first-order valence-electron chi connectivity index (χ1n) is 11.1. The van der Waals surface area contributed by atoms with Gasteiger partial charge in [0.25, 0.3) is 11.7 Å².